The second-order valence-corrected chi connectivity index (χ2v) is 8.15. The average Bonchev–Trinajstić information content (AvgIpc) is 3.14. The van der Waals surface area contributed by atoms with Crippen LogP contribution in [-0.2, 0) is 12.2 Å². The summed E-state index contributed by atoms with van der Waals surface area (Å²) in [5.74, 6) is 2.53. The summed E-state index contributed by atoms with van der Waals surface area (Å²) in [5.41, 5.74) is 1.40. The van der Waals surface area contributed by atoms with Gasteiger partial charge in [-0.05, 0) is 49.6 Å². The molecule has 3 nitrogen and oxygen atoms in total. The molecule has 0 aromatic carbocycles. The molecule has 1 aromatic rings. The van der Waals surface area contributed by atoms with E-state index in [1.165, 1.54) is 29.0 Å². The lowest BCUT2D eigenvalue weighted by atomic mass is 10.2. The van der Waals surface area contributed by atoms with Gasteiger partial charge >= 0.3 is 0 Å². The molecule has 1 unspecified atom stereocenters. The van der Waals surface area contributed by atoms with E-state index in [0.717, 1.165) is 43.1 Å². The maximum Gasteiger partial charge on any atom is 0.263 e. The minimum absolute atomic E-state index is 0.245. The van der Waals surface area contributed by atoms with Crippen LogP contribution in [0, 0.1) is 0 Å². The van der Waals surface area contributed by atoms with Crippen molar-refractivity contribution in [3.63, 3.8) is 0 Å². The van der Waals surface area contributed by atoms with Crippen molar-refractivity contribution in [1.29, 1.82) is 0 Å². The quantitative estimate of drug-likeness (QED) is 0.903. The Hall–Kier alpha value is -0.520. The van der Waals surface area contributed by atoms with E-state index in [4.69, 9.17) is 0 Å². The third kappa shape index (κ3) is 3.63. The molecule has 21 heavy (non-hydrogen) atoms. The van der Waals surface area contributed by atoms with Crippen molar-refractivity contribution in [2.75, 3.05) is 25.4 Å². The molecule has 3 heterocycles. The maximum atomic E-state index is 12.8. The number of amides is 1. The SMILES string of the molecule is CCCN(CC1CCCN1)C(=O)c1cc2c(s1)CCSC2. The number of nitrogens with zero attached hydrogens (tertiary/aromatic N) is 1. The minimum Gasteiger partial charge on any atom is -0.336 e. The van der Waals surface area contributed by atoms with Crippen LogP contribution in [0.4, 0.5) is 0 Å². The zero-order valence-electron chi connectivity index (χ0n) is 12.7. The Bertz CT molecular complexity index is 471. The van der Waals surface area contributed by atoms with Gasteiger partial charge in [0, 0.05) is 29.8 Å². The number of rotatable bonds is 5. The molecule has 1 amide bonds. The molecule has 2 aliphatic rings. The fraction of sp³-hybridized carbons (Fsp3) is 0.688. The van der Waals surface area contributed by atoms with Gasteiger partial charge in [-0.1, -0.05) is 6.92 Å². The number of thioether (sulfide) groups is 1. The smallest absolute Gasteiger partial charge is 0.263 e. The van der Waals surface area contributed by atoms with E-state index < -0.39 is 0 Å². The van der Waals surface area contributed by atoms with E-state index in [1.54, 1.807) is 11.3 Å². The number of hydrogen-bond donors (Lipinski definition) is 1. The lowest BCUT2D eigenvalue weighted by Crippen LogP contribution is -2.41. The number of carbonyl (C=O) groups excluding carboxylic acids is 1. The molecule has 0 bridgehead atoms. The Balaban J connectivity index is 1.71. The van der Waals surface area contributed by atoms with Crippen LogP contribution in [0.2, 0.25) is 0 Å². The summed E-state index contributed by atoms with van der Waals surface area (Å²) in [5, 5.41) is 3.51. The Labute approximate surface area is 135 Å². The van der Waals surface area contributed by atoms with Crippen LogP contribution >= 0.6 is 23.1 Å². The lowest BCUT2D eigenvalue weighted by Gasteiger charge is -2.25. The second-order valence-electron chi connectivity index (χ2n) is 5.91. The molecule has 1 N–H and O–H groups in total. The Kier molecular flexibility index (Phi) is 5.24. The van der Waals surface area contributed by atoms with Crippen molar-refractivity contribution in [2.24, 2.45) is 0 Å². The molecule has 2 aliphatic heterocycles. The van der Waals surface area contributed by atoms with Crippen molar-refractivity contribution in [3.05, 3.63) is 21.4 Å². The normalized spacial score (nSPS) is 21.3. The van der Waals surface area contributed by atoms with Gasteiger partial charge in [0.15, 0.2) is 0 Å². The Morgan fingerprint density at radius 1 is 1.52 bits per heavy atom. The summed E-state index contributed by atoms with van der Waals surface area (Å²) in [6.07, 6.45) is 4.60. The van der Waals surface area contributed by atoms with Crippen LogP contribution in [0.25, 0.3) is 0 Å². The third-order valence-electron chi connectivity index (χ3n) is 4.22. The number of hydrogen-bond acceptors (Lipinski definition) is 4. The molecule has 1 atom stereocenters. The van der Waals surface area contributed by atoms with E-state index in [9.17, 15) is 4.79 Å². The lowest BCUT2D eigenvalue weighted by molar-refractivity contribution is 0.0746. The number of fused-ring (bicyclic) bond motifs is 1. The zero-order chi connectivity index (χ0) is 14.7. The first-order chi connectivity index (χ1) is 10.3. The molecule has 3 rings (SSSR count). The van der Waals surface area contributed by atoms with E-state index in [1.807, 2.05) is 11.8 Å². The minimum atomic E-state index is 0.245. The summed E-state index contributed by atoms with van der Waals surface area (Å²) < 4.78 is 0. The van der Waals surface area contributed by atoms with E-state index in [0.29, 0.717) is 6.04 Å². The molecular weight excluding hydrogens is 300 g/mol. The van der Waals surface area contributed by atoms with Gasteiger partial charge in [-0.2, -0.15) is 11.8 Å². The predicted molar refractivity (Wildman–Crippen MR) is 91.4 cm³/mol. The third-order valence-corrected chi connectivity index (χ3v) is 6.46. The van der Waals surface area contributed by atoms with Crippen molar-refractivity contribution in [2.45, 2.75) is 44.4 Å². The summed E-state index contributed by atoms with van der Waals surface area (Å²) in [7, 11) is 0. The first-order valence-electron chi connectivity index (χ1n) is 8.00. The van der Waals surface area contributed by atoms with Crippen LogP contribution in [-0.4, -0.2) is 42.2 Å². The summed E-state index contributed by atoms with van der Waals surface area (Å²) >= 11 is 3.71. The second kappa shape index (κ2) is 7.16. The first kappa shape index (κ1) is 15.4. The van der Waals surface area contributed by atoms with E-state index >= 15 is 0 Å². The van der Waals surface area contributed by atoms with Crippen molar-refractivity contribution in [1.82, 2.24) is 10.2 Å². The van der Waals surface area contributed by atoms with Gasteiger partial charge < -0.3 is 10.2 Å². The van der Waals surface area contributed by atoms with Crippen LogP contribution in [0.3, 0.4) is 0 Å². The van der Waals surface area contributed by atoms with Gasteiger partial charge in [0.25, 0.3) is 5.91 Å². The number of nitrogens with one attached hydrogen (secondary N) is 1. The predicted octanol–water partition coefficient (Wildman–Crippen LogP) is 3.14. The number of carbonyl (C=O) groups is 1. The summed E-state index contributed by atoms with van der Waals surface area (Å²) in [6.45, 7) is 4.99. The standard InChI is InChI=1S/C16H24N2OS2/c1-2-7-18(10-13-4-3-6-17-13)16(19)15-9-12-11-20-8-5-14(12)21-15/h9,13,17H,2-8,10-11H2,1H3. The van der Waals surface area contributed by atoms with Crippen LogP contribution in [0.5, 0.6) is 0 Å². The molecule has 1 fully saturated rings. The Morgan fingerprint density at radius 2 is 2.43 bits per heavy atom. The molecule has 0 aliphatic carbocycles. The fourth-order valence-corrected chi connectivity index (χ4v) is 5.47. The maximum absolute atomic E-state index is 12.8. The monoisotopic (exact) mass is 324 g/mol. The zero-order valence-corrected chi connectivity index (χ0v) is 14.3. The Morgan fingerprint density at radius 3 is 3.14 bits per heavy atom. The number of aryl methyl sites for hydroxylation is 1. The van der Waals surface area contributed by atoms with Gasteiger partial charge in [-0.3, -0.25) is 4.79 Å². The molecule has 1 saturated heterocycles. The molecule has 1 aromatic heterocycles. The molecule has 0 spiro atoms. The van der Waals surface area contributed by atoms with Crippen LogP contribution in [0.15, 0.2) is 6.07 Å². The highest BCUT2D eigenvalue weighted by molar-refractivity contribution is 7.98. The molecule has 0 radical (unpaired) electrons. The highest BCUT2D eigenvalue weighted by Gasteiger charge is 2.24. The van der Waals surface area contributed by atoms with Gasteiger partial charge in [0.2, 0.25) is 0 Å². The summed E-state index contributed by atoms with van der Waals surface area (Å²) in [6, 6.07) is 2.64. The van der Waals surface area contributed by atoms with Gasteiger partial charge in [0.1, 0.15) is 0 Å². The molecule has 5 heteroatoms. The number of thiophene rings is 1. The van der Waals surface area contributed by atoms with E-state index in [-0.39, 0.29) is 5.91 Å². The largest absolute Gasteiger partial charge is 0.336 e. The van der Waals surface area contributed by atoms with Gasteiger partial charge in [-0.15, -0.1) is 11.3 Å². The van der Waals surface area contributed by atoms with Crippen molar-refractivity contribution >= 4 is 29.0 Å². The van der Waals surface area contributed by atoms with Gasteiger partial charge in [0.05, 0.1) is 4.88 Å². The molecule has 116 valence electrons. The van der Waals surface area contributed by atoms with Gasteiger partial charge in [-0.25, -0.2) is 0 Å². The highest BCUT2D eigenvalue weighted by Crippen LogP contribution is 2.32. The molecule has 0 saturated carbocycles. The van der Waals surface area contributed by atoms with E-state index in [2.05, 4.69) is 23.2 Å². The van der Waals surface area contributed by atoms with Crippen molar-refractivity contribution < 1.29 is 4.79 Å². The fourth-order valence-electron chi connectivity index (χ4n) is 3.13. The van der Waals surface area contributed by atoms with Crippen LogP contribution in [0.1, 0.15) is 46.3 Å². The summed E-state index contributed by atoms with van der Waals surface area (Å²) in [4.78, 5) is 17.3. The average molecular weight is 325 g/mol. The molecular formula is C16H24N2OS2. The highest BCUT2D eigenvalue weighted by atomic mass is 32.2. The topological polar surface area (TPSA) is 32.3 Å². The van der Waals surface area contributed by atoms with Crippen molar-refractivity contribution in [3.8, 4) is 0 Å². The first-order valence-corrected chi connectivity index (χ1v) is 9.97. The van der Waals surface area contributed by atoms with Crippen LogP contribution < -0.4 is 5.32 Å².